The number of hydrogen-bond donors (Lipinski definition) is 2. The molecule has 0 aliphatic carbocycles. The van der Waals surface area contributed by atoms with Crippen molar-refractivity contribution in [1.29, 1.82) is 0 Å². The van der Waals surface area contributed by atoms with Gasteiger partial charge < -0.3 is 16.0 Å². The third-order valence-corrected chi connectivity index (χ3v) is 2.36. The zero-order chi connectivity index (χ0) is 13.1. The van der Waals surface area contributed by atoms with Crippen LogP contribution in [0.2, 0.25) is 0 Å². The van der Waals surface area contributed by atoms with Gasteiger partial charge in [0.2, 0.25) is 11.5 Å². The largest absolute Gasteiger partial charge is 0.379 e. The van der Waals surface area contributed by atoms with Gasteiger partial charge in [0.05, 0.1) is 11.4 Å². The van der Waals surface area contributed by atoms with Crippen molar-refractivity contribution in [2.75, 3.05) is 30.0 Å². The third kappa shape index (κ3) is 2.24. The summed E-state index contributed by atoms with van der Waals surface area (Å²) >= 11 is 0. The molecule has 0 spiro atoms. The van der Waals surface area contributed by atoms with E-state index in [-0.39, 0.29) is 11.5 Å². The van der Waals surface area contributed by atoms with Crippen LogP contribution in [0.4, 0.5) is 17.2 Å². The minimum Gasteiger partial charge on any atom is -0.379 e. The van der Waals surface area contributed by atoms with Gasteiger partial charge in [-0.05, 0) is 22.4 Å². The van der Waals surface area contributed by atoms with Gasteiger partial charge >= 0.3 is 0 Å². The van der Waals surface area contributed by atoms with Crippen LogP contribution in [0.5, 0.6) is 0 Å². The number of para-hydroxylation sites is 2. The Morgan fingerprint density at radius 2 is 2.06 bits per heavy atom. The molecule has 0 saturated heterocycles. The third-order valence-electron chi connectivity index (χ3n) is 2.36. The first-order valence-electron chi connectivity index (χ1n) is 5.25. The van der Waals surface area contributed by atoms with E-state index in [0.29, 0.717) is 5.69 Å². The number of nitrogens with one attached hydrogen (secondary N) is 1. The topological polar surface area (TPSA) is 97.3 Å². The van der Waals surface area contributed by atoms with E-state index < -0.39 is 5.91 Å². The molecule has 0 fully saturated rings. The highest BCUT2D eigenvalue weighted by molar-refractivity contribution is 6.07. The maximum Gasteiger partial charge on any atom is 0.281 e. The Kier molecular flexibility index (Phi) is 3.13. The minimum atomic E-state index is -0.456. The normalized spacial score (nSPS) is 10.1. The van der Waals surface area contributed by atoms with Crippen LogP contribution in [0.25, 0.3) is 0 Å². The van der Waals surface area contributed by atoms with Gasteiger partial charge in [0.15, 0.2) is 0 Å². The molecule has 0 atom stereocenters. The Balaban J connectivity index is 2.25. The molecule has 18 heavy (non-hydrogen) atoms. The molecule has 1 heterocycles. The van der Waals surface area contributed by atoms with Crippen molar-refractivity contribution >= 4 is 23.1 Å². The van der Waals surface area contributed by atoms with Gasteiger partial charge in [-0.3, -0.25) is 4.79 Å². The van der Waals surface area contributed by atoms with Crippen LogP contribution in [0.15, 0.2) is 28.9 Å². The number of amides is 1. The number of nitrogens with zero attached hydrogens (tertiary/aromatic N) is 3. The fourth-order valence-electron chi connectivity index (χ4n) is 1.50. The monoisotopic (exact) mass is 247 g/mol. The Labute approximate surface area is 104 Å². The number of hydrogen-bond acceptors (Lipinski definition) is 6. The van der Waals surface area contributed by atoms with Gasteiger partial charge in [0, 0.05) is 14.1 Å². The lowest BCUT2D eigenvalue weighted by Crippen LogP contribution is -2.17. The lowest BCUT2D eigenvalue weighted by Gasteiger charge is -2.17. The van der Waals surface area contributed by atoms with E-state index in [0.717, 1.165) is 5.69 Å². The molecule has 0 bridgehead atoms. The summed E-state index contributed by atoms with van der Waals surface area (Å²) < 4.78 is 4.39. The second kappa shape index (κ2) is 4.74. The summed E-state index contributed by atoms with van der Waals surface area (Å²) in [5.41, 5.74) is 6.97. The predicted molar refractivity (Wildman–Crippen MR) is 67.4 cm³/mol. The molecule has 0 radical (unpaired) electrons. The molecule has 1 amide bonds. The summed E-state index contributed by atoms with van der Waals surface area (Å²) in [6.07, 6.45) is 0. The van der Waals surface area contributed by atoms with E-state index in [2.05, 4.69) is 20.3 Å². The van der Waals surface area contributed by atoms with Gasteiger partial charge in [-0.25, -0.2) is 4.63 Å². The van der Waals surface area contributed by atoms with Crippen molar-refractivity contribution in [1.82, 2.24) is 10.3 Å². The van der Waals surface area contributed by atoms with Gasteiger partial charge in [0.1, 0.15) is 0 Å². The molecule has 0 aliphatic heterocycles. The Bertz CT molecular complexity index is 564. The Morgan fingerprint density at radius 3 is 2.67 bits per heavy atom. The maximum atomic E-state index is 11.9. The van der Waals surface area contributed by atoms with Crippen LogP contribution in [0.3, 0.4) is 0 Å². The molecule has 7 nitrogen and oxygen atoms in total. The number of nitrogens with two attached hydrogens (primary N) is 1. The molecule has 1 aromatic carbocycles. The molecule has 7 heteroatoms. The van der Waals surface area contributed by atoms with Gasteiger partial charge in [-0.1, -0.05) is 12.1 Å². The van der Waals surface area contributed by atoms with Gasteiger partial charge in [0.25, 0.3) is 5.91 Å². The molecule has 0 aliphatic rings. The highest BCUT2D eigenvalue weighted by atomic mass is 16.6. The standard InChI is InChI=1S/C11H13N5O2/c1-16(2)8-6-4-3-5-7(8)13-11(17)9-10(12)15-18-14-9/h3-6H,1-2H3,(H2,12,15)(H,13,17). The molecule has 2 aromatic rings. The zero-order valence-electron chi connectivity index (χ0n) is 10.0. The summed E-state index contributed by atoms with van der Waals surface area (Å²) in [5.74, 6) is -0.488. The van der Waals surface area contributed by atoms with E-state index in [9.17, 15) is 4.79 Å². The van der Waals surface area contributed by atoms with Crippen molar-refractivity contribution in [3.8, 4) is 0 Å². The SMILES string of the molecule is CN(C)c1ccccc1NC(=O)c1nonc1N. The van der Waals surface area contributed by atoms with Crippen LogP contribution < -0.4 is 16.0 Å². The molecule has 94 valence electrons. The van der Waals surface area contributed by atoms with Crippen LogP contribution >= 0.6 is 0 Å². The number of benzene rings is 1. The number of rotatable bonds is 3. The maximum absolute atomic E-state index is 11.9. The van der Waals surface area contributed by atoms with E-state index >= 15 is 0 Å². The second-order valence-electron chi connectivity index (χ2n) is 3.86. The molecule has 3 N–H and O–H groups in total. The van der Waals surface area contributed by atoms with E-state index in [1.807, 2.05) is 37.2 Å². The highest BCUT2D eigenvalue weighted by Gasteiger charge is 2.17. The summed E-state index contributed by atoms with van der Waals surface area (Å²) in [6, 6.07) is 7.39. The Morgan fingerprint density at radius 1 is 1.33 bits per heavy atom. The van der Waals surface area contributed by atoms with Crippen LogP contribution in [0, 0.1) is 0 Å². The fourth-order valence-corrected chi connectivity index (χ4v) is 1.50. The van der Waals surface area contributed by atoms with Crippen molar-refractivity contribution in [2.24, 2.45) is 0 Å². The van der Waals surface area contributed by atoms with E-state index in [4.69, 9.17) is 5.73 Å². The first kappa shape index (κ1) is 11.9. The van der Waals surface area contributed by atoms with E-state index in [1.165, 1.54) is 0 Å². The van der Waals surface area contributed by atoms with Crippen molar-refractivity contribution in [3.63, 3.8) is 0 Å². The fraction of sp³-hybridized carbons (Fsp3) is 0.182. The lowest BCUT2D eigenvalue weighted by molar-refractivity contribution is 0.101. The molecule has 2 rings (SSSR count). The number of carbonyl (C=O) groups is 1. The molecular formula is C11H13N5O2. The van der Waals surface area contributed by atoms with E-state index in [1.54, 1.807) is 6.07 Å². The quantitative estimate of drug-likeness (QED) is 0.838. The summed E-state index contributed by atoms with van der Waals surface area (Å²) in [6.45, 7) is 0. The van der Waals surface area contributed by atoms with Crippen LogP contribution in [-0.4, -0.2) is 30.3 Å². The number of anilines is 3. The number of nitrogen functional groups attached to an aromatic ring is 1. The zero-order valence-corrected chi connectivity index (χ0v) is 10.0. The highest BCUT2D eigenvalue weighted by Crippen LogP contribution is 2.24. The minimum absolute atomic E-state index is 0.0245. The molecule has 0 unspecified atom stereocenters. The Hall–Kier alpha value is -2.57. The second-order valence-corrected chi connectivity index (χ2v) is 3.86. The predicted octanol–water partition coefficient (Wildman–Crippen LogP) is 0.970. The molecular weight excluding hydrogens is 234 g/mol. The van der Waals surface area contributed by atoms with Gasteiger partial charge in [-0.2, -0.15) is 0 Å². The van der Waals surface area contributed by atoms with Gasteiger partial charge in [-0.15, -0.1) is 0 Å². The summed E-state index contributed by atoms with van der Waals surface area (Å²) in [5, 5.41) is 9.52. The number of carbonyl (C=O) groups excluding carboxylic acids is 1. The van der Waals surface area contributed by atoms with Crippen molar-refractivity contribution < 1.29 is 9.42 Å². The number of aromatic nitrogens is 2. The van der Waals surface area contributed by atoms with Crippen LogP contribution in [-0.2, 0) is 0 Å². The smallest absolute Gasteiger partial charge is 0.281 e. The van der Waals surface area contributed by atoms with Crippen molar-refractivity contribution in [2.45, 2.75) is 0 Å². The first-order valence-corrected chi connectivity index (χ1v) is 5.25. The summed E-state index contributed by atoms with van der Waals surface area (Å²) in [4.78, 5) is 13.8. The first-order chi connectivity index (χ1) is 8.59. The summed E-state index contributed by atoms with van der Waals surface area (Å²) in [7, 11) is 3.77. The lowest BCUT2D eigenvalue weighted by atomic mass is 10.2. The average molecular weight is 247 g/mol. The molecule has 1 aromatic heterocycles. The van der Waals surface area contributed by atoms with Crippen LogP contribution in [0.1, 0.15) is 10.5 Å². The van der Waals surface area contributed by atoms with Crippen molar-refractivity contribution in [3.05, 3.63) is 30.0 Å². The average Bonchev–Trinajstić information content (AvgIpc) is 2.76. The molecule has 0 saturated carbocycles.